The number of hydrogen-bond donors (Lipinski definition) is 1. The highest BCUT2D eigenvalue weighted by Crippen LogP contribution is 2.41. The van der Waals surface area contributed by atoms with Gasteiger partial charge in [-0.1, -0.05) is 34.8 Å². The van der Waals surface area contributed by atoms with E-state index in [1.165, 1.54) is 0 Å². The van der Waals surface area contributed by atoms with E-state index < -0.39 is 34.7 Å². The van der Waals surface area contributed by atoms with Crippen molar-refractivity contribution in [1.29, 1.82) is 0 Å². The van der Waals surface area contributed by atoms with Gasteiger partial charge >= 0.3 is 0 Å². The first-order valence-electron chi connectivity index (χ1n) is 4.10. The molecule has 2 fully saturated rings. The monoisotopic (exact) mass is 276 g/mol. The molecule has 0 aromatic heterocycles. The summed E-state index contributed by atoms with van der Waals surface area (Å²) in [4.78, 5) is 10.5. The molecule has 2 saturated heterocycles. The van der Waals surface area contributed by atoms with Crippen molar-refractivity contribution in [2.45, 2.75) is 34.7 Å². The van der Waals surface area contributed by atoms with Crippen LogP contribution in [-0.2, 0) is 19.0 Å². The average Bonchev–Trinajstić information content (AvgIpc) is 2.65. The summed E-state index contributed by atoms with van der Waals surface area (Å²) in [5.41, 5.74) is 0. The molecule has 0 amide bonds. The van der Waals surface area contributed by atoms with Crippen LogP contribution in [0, 0.1) is 0 Å². The van der Waals surface area contributed by atoms with Gasteiger partial charge in [0.25, 0.3) is 0 Å². The summed E-state index contributed by atoms with van der Waals surface area (Å²) in [6.07, 6.45) is -4.39. The maximum atomic E-state index is 10.5. The molecule has 0 aromatic carbocycles. The first kappa shape index (κ1) is 11.9. The Morgan fingerprint density at radius 2 is 1.87 bits per heavy atom. The van der Waals surface area contributed by atoms with Crippen molar-refractivity contribution in [2.75, 3.05) is 0 Å². The highest BCUT2D eigenvalue weighted by Gasteiger charge is 2.55. The molecule has 86 valence electrons. The van der Waals surface area contributed by atoms with Gasteiger partial charge in [-0.3, -0.25) is 0 Å². The molecule has 0 unspecified atom stereocenters. The van der Waals surface area contributed by atoms with Crippen LogP contribution in [0.2, 0.25) is 0 Å². The van der Waals surface area contributed by atoms with E-state index >= 15 is 0 Å². The lowest BCUT2D eigenvalue weighted by Crippen LogP contribution is -2.35. The van der Waals surface area contributed by atoms with Gasteiger partial charge in [0.2, 0.25) is 10.1 Å². The molecule has 1 N–H and O–H groups in total. The molecule has 15 heavy (non-hydrogen) atoms. The molecule has 0 saturated carbocycles. The number of halogens is 3. The fourth-order valence-corrected chi connectivity index (χ4v) is 1.79. The standard InChI is InChI=1S/C7H7Cl3O5/c8-7(9,10)6-14-4-3(12)2(1-11)13-5(4)15-6/h1-6,12H/t2-,3+,4-,5-,6+/m1/s1. The van der Waals surface area contributed by atoms with Crippen LogP contribution in [0.15, 0.2) is 0 Å². The Kier molecular flexibility index (Phi) is 3.16. The minimum atomic E-state index is -1.76. The molecular weight excluding hydrogens is 270 g/mol. The number of aldehydes is 1. The Balaban J connectivity index is 2.05. The third kappa shape index (κ3) is 2.10. The molecule has 5 nitrogen and oxygen atoms in total. The molecule has 0 aliphatic carbocycles. The van der Waals surface area contributed by atoms with Crippen molar-refractivity contribution in [1.82, 2.24) is 0 Å². The van der Waals surface area contributed by atoms with Crippen LogP contribution in [-0.4, -0.2) is 46.1 Å². The van der Waals surface area contributed by atoms with E-state index in [1.807, 2.05) is 0 Å². The van der Waals surface area contributed by atoms with Gasteiger partial charge in [-0.25, -0.2) is 0 Å². The average molecular weight is 277 g/mol. The number of aliphatic hydroxyl groups is 1. The lowest BCUT2D eigenvalue weighted by atomic mass is 10.1. The van der Waals surface area contributed by atoms with E-state index in [2.05, 4.69) is 0 Å². The van der Waals surface area contributed by atoms with Gasteiger partial charge in [-0.05, 0) is 0 Å². The van der Waals surface area contributed by atoms with Gasteiger partial charge < -0.3 is 24.1 Å². The Morgan fingerprint density at radius 3 is 2.33 bits per heavy atom. The van der Waals surface area contributed by atoms with Gasteiger partial charge in [-0.15, -0.1) is 0 Å². The van der Waals surface area contributed by atoms with Crippen molar-refractivity contribution in [2.24, 2.45) is 0 Å². The van der Waals surface area contributed by atoms with Crippen LogP contribution in [0.3, 0.4) is 0 Å². The summed E-state index contributed by atoms with van der Waals surface area (Å²) in [6, 6.07) is 0. The summed E-state index contributed by atoms with van der Waals surface area (Å²) in [5, 5.41) is 9.55. The lowest BCUT2D eigenvalue weighted by molar-refractivity contribution is -0.168. The maximum Gasteiger partial charge on any atom is 0.241 e. The molecule has 0 spiro atoms. The predicted molar refractivity (Wildman–Crippen MR) is 50.8 cm³/mol. The van der Waals surface area contributed by atoms with Crippen LogP contribution < -0.4 is 0 Å². The zero-order valence-electron chi connectivity index (χ0n) is 7.18. The number of fused-ring (bicyclic) bond motifs is 1. The zero-order valence-corrected chi connectivity index (χ0v) is 9.45. The van der Waals surface area contributed by atoms with Crippen molar-refractivity contribution in [3.8, 4) is 0 Å². The van der Waals surface area contributed by atoms with E-state index in [-0.39, 0.29) is 0 Å². The van der Waals surface area contributed by atoms with Crippen molar-refractivity contribution < 1.29 is 24.1 Å². The Hall–Kier alpha value is 0.380. The molecule has 2 aliphatic heterocycles. The molecule has 0 bridgehead atoms. The van der Waals surface area contributed by atoms with Crippen LogP contribution >= 0.6 is 34.8 Å². The van der Waals surface area contributed by atoms with Crippen LogP contribution in [0.25, 0.3) is 0 Å². The summed E-state index contributed by atoms with van der Waals surface area (Å²) >= 11 is 16.6. The van der Waals surface area contributed by atoms with Gasteiger partial charge in [-0.2, -0.15) is 0 Å². The summed E-state index contributed by atoms with van der Waals surface area (Å²) in [5.74, 6) is 0. The van der Waals surface area contributed by atoms with Crippen molar-refractivity contribution >= 4 is 41.1 Å². The molecule has 2 rings (SSSR count). The molecular formula is C7H7Cl3O5. The Morgan fingerprint density at radius 1 is 1.20 bits per heavy atom. The largest absolute Gasteiger partial charge is 0.387 e. The van der Waals surface area contributed by atoms with Gasteiger partial charge in [0, 0.05) is 0 Å². The number of rotatable bonds is 1. The molecule has 2 heterocycles. The first-order valence-corrected chi connectivity index (χ1v) is 5.23. The van der Waals surface area contributed by atoms with Crippen LogP contribution in [0.1, 0.15) is 0 Å². The fourth-order valence-electron chi connectivity index (χ4n) is 1.48. The number of ether oxygens (including phenoxy) is 3. The third-order valence-corrected chi connectivity index (χ3v) is 2.71. The van der Waals surface area contributed by atoms with Crippen molar-refractivity contribution in [3.05, 3.63) is 0 Å². The lowest BCUT2D eigenvalue weighted by Gasteiger charge is -2.20. The number of alkyl halides is 3. The summed E-state index contributed by atoms with van der Waals surface area (Å²) in [7, 11) is 0. The molecule has 0 radical (unpaired) electrons. The second-order valence-corrected chi connectivity index (χ2v) is 5.58. The topological polar surface area (TPSA) is 65.0 Å². The number of hydrogen-bond acceptors (Lipinski definition) is 5. The molecule has 8 heteroatoms. The van der Waals surface area contributed by atoms with E-state index in [4.69, 9.17) is 49.0 Å². The number of aliphatic hydroxyl groups excluding tert-OH is 1. The van der Waals surface area contributed by atoms with E-state index in [0.717, 1.165) is 0 Å². The second-order valence-electron chi connectivity index (χ2n) is 3.21. The molecule has 2 aliphatic rings. The maximum absolute atomic E-state index is 10.5. The molecule has 5 atom stereocenters. The van der Waals surface area contributed by atoms with Gasteiger partial charge in [0.05, 0.1) is 0 Å². The highest BCUT2D eigenvalue weighted by molar-refractivity contribution is 6.67. The van der Waals surface area contributed by atoms with Gasteiger partial charge in [0.1, 0.15) is 18.3 Å². The minimum Gasteiger partial charge on any atom is -0.387 e. The SMILES string of the molecule is O=C[C@H]1O[C@@H]2O[C@@H](C(Cl)(Cl)Cl)O[C@@H]2[C@H]1O. The molecule has 0 aromatic rings. The first-order chi connectivity index (χ1) is 6.93. The Labute approximate surface area is 100 Å². The van der Waals surface area contributed by atoms with Gasteiger partial charge in [0.15, 0.2) is 12.6 Å². The van der Waals surface area contributed by atoms with E-state index in [0.29, 0.717) is 6.29 Å². The van der Waals surface area contributed by atoms with Crippen LogP contribution in [0.4, 0.5) is 0 Å². The normalized spacial score (nSPS) is 45.5. The predicted octanol–water partition coefficient (Wildman–Crippen LogP) is 0.383. The number of carbonyl (C=O) groups excluding carboxylic acids is 1. The van der Waals surface area contributed by atoms with Crippen molar-refractivity contribution in [3.63, 3.8) is 0 Å². The highest BCUT2D eigenvalue weighted by atomic mass is 35.6. The van der Waals surface area contributed by atoms with E-state index in [1.54, 1.807) is 0 Å². The minimum absolute atomic E-state index is 0.472. The fraction of sp³-hybridized carbons (Fsp3) is 0.857. The summed E-state index contributed by atoms with van der Waals surface area (Å²) in [6.45, 7) is 0. The van der Waals surface area contributed by atoms with E-state index in [9.17, 15) is 9.90 Å². The third-order valence-electron chi connectivity index (χ3n) is 2.17. The second kappa shape index (κ2) is 4.00. The summed E-state index contributed by atoms with van der Waals surface area (Å²) < 4.78 is 13.5. The smallest absolute Gasteiger partial charge is 0.241 e. The number of carbonyl (C=O) groups is 1. The van der Waals surface area contributed by atoms with Crippen LogP contribution in [0.5, 0.6) is 0 Å². The quantitative estimate of drug-likeness (QED) is 0.554. The zero-order chi connectivity index (χ0) is 11.2. The Bertz CT molecular complexity index is 268.